The van der Waals surface area contributed by atoms with Crippen molar-refractivity contribution < 1.29 is 24.5 Å². The average Bonchev–Trinajstić information content (AvgIpc) is 2.28. The summed E-state index contributed by atoms with van der Waals surface area (Å²) in [6.45, 7) is 5.02. The molecule has 0 aromatic heterocycles. The van der Waals surface area contributed by atoms with Crippen molar-refractivity contribution in [3.8, 4) is 5.75 Å². The van der Waals surface area contributed by atoms with Crippen molar-refractivity contribution in [3.63, 3.8) is 0 Å². The summed E-state index contributed by atoms with van der Waals surface area (Å²) in [5, 5.41) is 21.5. The van der Waals surface area contributed by atoms with Crippen LogP contribution in [-0.2, 0) is 16.0 Å². The van der Waals surface area contributed by atoms with Gasteiger partial charge in [0.25, 0.3) is 0 Å². The van der Waals surface area contributed by atoms with Crippen molar-refractivity contribution in [2.45, 2.75) is 38.8 Å². The molecule has 0 aliphatic rings. The molecule has 7 heteroatoms. The molecule has 1 aromatic rings. The van der Waals surface area contributed by atoms with E-state index in [1.54, 1.807) is 20.8 Å². The molecule has 0 aliphatic carbocycles. The molecular formula is C14H18ClNO5. The summed E-state index contributed by atoms with van der Waals surface area (Å²) in [7, 11) is 0. The zero-order valence-electron chi connectivity index (χ0n) is 12.0. The van der Waals surface area contributed by atoms with Crippen LogP contribution in [0, 0.1) is 0 Å². The summed E-state index contributed by atoms with van der Waals surface area (Å²) in [4.78, 5) is 22.8. The van der Waals surface area contributed by atoms with Crippen molar-refractivity contribution in [2.24, 2.45) is 0 Å². The third-order valence-corrected chi connectivity index (χ3v) is 2.70. The monoisotopic (exact) mass is 315 g/mol. The minimum atomic E-state index is -1.23. The summed E-state index contributed by atoms with van der Waals surface area (Å²) in [6, 6.07) is 3.13. The average molecular weight is 316 g/mol. The minimum absolute atomic E-state index is 0.0857. The minimum Gasteiger partial charge on any atom is -0.508 e. The van der Waals surface area contributed by atoms with Crippen LogP contribution in [-0.4, -0.2) is 33.9 Å². The van der Waals surface area contributed by atoms with Crippen LogP contribution in [0.1, 0.15) is 26.3 Å². The van der Waals surface area contributed by atoms with Gasteiger partial charge in [-0.2, -0.15) is 0 Å². The number of amides is 1. The van der Waals surface area contributed by atoms with Gasteiger partial charge in [0.1, 0.15) is 17.4 Å². The lowest BCUT2D eigenvalue weighted by molar-refractivity contribution is -0.139. The van der Waals surface area contributed by atoms with Gasteiger partial charge in [-0.05, 0) is 38.5 Å². The Morgan fingerprint density at radius 1 is 1.38 bits per heavy atom. The number of carboxylic acid groups (broad SMARTS) is 1. The zero-order chi connectivity index (χ0) is 16.2. The molecule has 0 spiro atoms. The van der Waals surface area contributed by atoms with Crippen LogP contribution < -0.4 is 5.32 Å². The van der Waals surface area contributed by atoms with Gasteiger partial charge in [-0.15, -0.1) is 0 Å². The maximum absolute atomic E-state index is 11.6. The number of alkyl carbamates (subject to hydrolysis) is 1. The first-order chi connectivity index (χ1) is 9.58. The predicted octanol–water partition coefficient (Wildman–Crippen LogP) is 2.57. The van der Waals surface area contributed by atoms with Crippen LogP contribution in [0.3, 0.4) is 0 Å². The second kappa shape index (κ2) is 6.67. The fourth-order valence-electron chi connectivity index (χ4n) is 1.58. The van der Waals surface area contributed by atoms with Gasteiger partial charge >= 0.3 is 12.1 Å². The number of nitrogens with one attached hydrogen (secondary N) is 1. The van der Waals surface area contributed by atoms with Crippen molar-refractivity contribution in [1.29, 1.82) is 0 Å². The fourth-order valence-corrected chi connectivity index (χ4v) is 1.75. The molecule has 116 valence electrons. The Balaban J connectivity index is 2.79. The molecule has 0 saturated heterocycles. The Kier molecular flexibility index (Phi) is 5.43. The van der Waals surface area contributed by atoms with Crippen LogP contribution in [0.5, 0.6) is 5.75 Å². The summed E-state index contributed by atoms with van der Waals surface area (Å²) < 4.78 is 5.01. The van der Waals surface area contributed by atoms with E-state index < -0.39 is 23.7 Å². The number of ether oxygens (including phenoxy) is 1. The van der Waals surface area contributed by atoms with Gasteiger partial charge in [-0.3, -0.25) is 0 Å². The third-order valence-electron chi connectivity index (χ3n) is 2.46. The number of halogens is 1. The summed E-state index contributed by atoms with van der Waals surface area (Å²) in [5.74, 6) is -1.35. The molecule has 0 unspecified atom stereocenters. The predicted molar refractivity (Wildman–Crippen MR) is 77.6 cm³/mol. The standard InChI is InChI=1S/C14H18ClNO5/c1-14(2,3)21-13(20)16-10(12(18)19)6-8-4-5-9(15)7-11(8)17/h4-5,7,10,17H,6H2,1-3H3,(H,16,20)(H,18,19)/t10-/m1/s1. The van der Waals surface area contributed by atoms with Gasteiger partial charge in [0.2, 0.25) is 0 Å². The van der Waals surface area contributed by atoms with Gasteiger partial charge in [0, 0.05) is 11.4 Å². The van der Waals surface area contributed by atoms with E-state index in [2.05, 4.69) is 5.32 Å². The highest BCUT2D eigenvalue weighted by Crippen LogP contribution is 2.23. The summed E-state index contributed by atoms with van der Waals surface area (Å²) >= 11 is 5.71. The normalized spacial score (nSPS) is 12.6. The largest absolute Gasteiger partial charge is 0.508 e. The smallest absolute Gasteiger partial charge is 0.408 e. The van der Waals surface area contributed by atoms with Crippen molar-refractivity contribution in [3.05, 3.63) is 28.8 Å². The second-order valence-corrected chi connectivity index (χ2v) is 5.95. The highest BCUT2D eigenvalue weighted by molar-refractivity contribution is 6.30. The van der Waals surface area contributed by atoms with E-state index in [9.17, 15) is 14.7 Å². The van der Waals surface area contributed by atoms with Crippen molar-refractivity contribution in [1.82, 2.24) is 5.32 Å². The maximum Gasteiger partial charge on any atom is 0.408 e. The lowest BCUT2D eigenvalue weighted by Gasteiger charge is -2.22. The van der Waals surface area contributed by atoms with E-state index in [1.807, 2.05) is 0 Å². The summed E-state index contributed by atoms with van der Waals surface area (Å²) in [6.07, 6.45) is -0.916. The number of hydrogen-bond acceptors (Lipinski definition) is 4. The number of carboxylic acids is 1. The molecule has 1 rings (SSSR count). The molecule has 0 aliphatic heterocycles. The van der Waals surface area contributed by atoms with Crippen LogP contribution in [0.4, 0.5) is 4.79 Å². The Labute approximate surface area is 127 Å². The number of aliphatic carboxylic acids is 1. The molecule has 21 heavy (non-hydrogen) atoms. The number of phenols is 1. The second-order valence-electron chi connectivity index (χ2n) is 5.51. The number of hydrogen-bond donors (Lipinski definition) is 3. The molecule has 3 N–H and O–H groups in total. The van der Waals surface area contributed by atoms with Crippen LogP contribution in [0.15, 0.2) is 18.2 Å². The van der Waals surface area contributed by atoms with E-state index in [0.717, 1.165) is 0 Å². The first-order valence-electron chi connectivity index (χ1n) is 6.28. The topological polar surface area (TPSA) is 95.9 Å². The van der Waals surface area contributed by atoms with Gasteiger partial charge < -0.3 is 20.3 Å². The molecule has 0 fully saturated rings. The molecule has 0 bridgehead atoms. The number of aromatic hydroxyl groups is 1. The quantitative estimate of drug-likeness (QED) is 0.793. The van der Waals surface area contributed by atoms with Crippen molar-refractivity contribution in [2.75, 3.05) is 0 Å². The first kappa shape index (κ1) is 17.1. The number of benzene rings is 1. The van der Waals surface area contributed by atoms with Gasteiger partial charge in [0.05, 0.1) is 0 Å². The number of carbonyl (C=O) groups is 2. The van der Waals surface area contributed by atoms with Gasteiger partial charge in [-0.1, -0.05) is 17.7 Å². The molecule has 0 saturated carbocycles. The van der Waals surface area contributed by atoms with E-state index in [0.29, 0.717) is 10.6 Å². The Morgan fingerprint density at radius 2 is 2.00 bits per heavy atom. The highest BCUT2D eigenvalue weighted by Gasteiger charge is 2.25. The number of phenolic OH excluding ortho intramolecular Hbond substituents is 1. The van der Waals surface area contributed by atoms with E-state index >= 15 is 0 Å². The zero-order valence-corrected chi connectivity index (χ0v) is 12.8. The Bertz CT molecular complexity index is 539. The lowest BCUT2D eigenvalue weighted by Crippen LogP contribution is -2.44. The van der Waals surface area contributed by atoms with Gasteiger partial charge in [-0.25, -0.2) is 9.59 Å². The third kappa shape index (κ3) is 5.91. The Morgan fingerprint density at radius 3 is 2.48 bits per heavy atom. The molecule has 6 nitrogen and oxygen atoms in total. The van der Waals surface area contributed by atoms with E-state index in [-0.39, 0.29) is 12.2 Å². The Hall–Kier alpha value is -1.95. The molecular weight excluding hydrogens is 298 g/mol. The van der Waals surface area contributed by atoms with E-state index in [4.69, 9.17) is 21.4 Å². The van der Waals surface area contributed by atoms with Crippen molar-refractivity contribution >= 4 is 23.7 Å². The number of carbonyl (C=O) groups excluding carboxylic acids is 1. The number of rotatable bonds is 4. The van der Waals surface area contributed by atoms with Crippen LogP contribution in [0.2, 0.25) is 5.02 Å². The maximum atomic E-state index is 11.6. The van der Waals surface area contributed by atoms with Crippen LogP contribution in [0.25, 0.3) is 0 Å². The molecule has 0 radical (unpaired) electrons. The summed E-state index contributed by atoms with van der Waals surface area (Å²) in [5.41, 5.74) is -0.363. The van der Waals surface area contributed by atoms with Gasteiger partial charge in [0.15, 0.2) is 0 Å². The molecule has 1 aromatic carbocycles. The molecule has 1 amide bonds. The van der Waals surface area contributed by atoms with E-state index in [1.165, 1.54) is 18.2 Å². The molecule has 1 atom stereocenters. The fraction of sp³-hybridized carbons (Fsp3) is 0.429. The first-order valence-corrected chi connectivity index (χ1v) is 6.66. The van der Waals surface area contributed by atoms with Crippen LogP contribution >= 0.6 is 11.6 Å². The highest BCUT2D eigenvalue weighted by atomic mass is 35.5. The SMILES string of the molecule is CC(C)(C)OC(=O)N[C@H](Cc1ccc(Cl)cc1O)C(=O)O. The molecule has 0 heterocycles. The lowest BCUT2D eigenvalue weighted by atomic mass is 10.1.